The van der Waals surface area contributed by atoms with Gasteiger partial charge in [-0.25, -0.2) is 9.78 Å². The Balaban J connectivity index is 1.65. The van der Waals surface area contributed by atoms with Crippen LogP contribution in [0.4, 0.5) is 4.79 Å². The Morgan fingerprint density at radius 2 is 1.94 bits per heavy atom. The molecule has 0 saturated carbocycles. The van der Waals surface area contributed by atoms with Gasteiger partial charge in [0, 0.05) is 36.0 Å². The summed E-state index contributed by atoms with van der Waals surface area (Å²) in [4.78, 5) is 31.9. The summed E-state index contributed by atoms with van der Waals surface area (Å²) < 4.78 is 5.29. The van der Waals surface area contributed by atoms with Gasteiger partial charge in [0.25, 0.3) is 0 Å². The molecule has 2 aromatic heterocycles. The van der Waals surface area contributed by atoms with E-state index in [9.17, 15) is 9.59 Å². The van der Waals surface area contributed by atoms with E-state index in [1.165, 1.54) is 6.08 Å². The molecular weight excluding hydrogens is 392 g/mol. The Bertz CT molecular complexity index is 1050. The van der Waals surface area contributed by atoms with Crippen molar-refractivity contribution in [3.63, 3.8) is 0 Å². The van der Waals surface area contributed by atoms with Crippen molar-refractivity contribution in [3.05, 3.63) is 72.1 Å². The number of nitrogens with one attached hydrogen (secondary N) is 3. The Morgan fingerprint density at radius 1 is 1.16 bits per heavy atom. The first-order valence-corrected chi connectivity index (χ1v) is 10.2. The Labute approximate surface area is 181 Å². The van der Waals surface area contributed by atoms with Crippen LogP contribution >= 0.6 is 0 Å². The van der Waals surface area contributed by atoms with E-state index in [1.807, 2.05) is 48.7 Å². The summed E-state index contributed by atoms with van der Waals surface area (Å²) in [6, 6.07) is 13.3. The zero-order valence-corrected chi connectivity index (χ0v) is 18.0. The monoisotopic (exact) mass is 420 g/mol. The number of aromatic amines is 1. The van der Waals surface area contributed by atoms with Crippen LogP contribution in [0.2, 0.25) is 0 Å². The quantitative estimate of drug-likeness (QED) is 0.506. The van der Waals surface area contributed by atoms with Gasteiger partial charge in [0.2, 0.25) is 5.91 Å². The Hall–Kier alpha value is -3.61. The minimum Gasteiger partial charge on any atom is -0.444 e. The summed E-state index contributed by atoms with van der Waals surface area (Å²) >= 11 is 0. The average molecular weight is 421 g/mol. The van der Waals surface area contributed by atoms with E-state index in [0.717, 1.165) is 22.2 Å². The number of hydrogen-bond donors (Lipinski definition) is 3. The molecule has 2 heterocycles. The molecule has 7 heteroatoms. The average Bonchev–Trinajstić information content (AvgIpc) is 3.13. The van der Waals surface area contributed by atoms with Crippen LogP contribution in [0.25, 0.3) is 17.1 Å². The smallest absolute Gasteiger partial charge is 0.407 e. The third-order valence-electron chi connectivity index (χ3n) is 4.46. The standard InChI is InChI=1S/C24H28N4O3/c1-24(2,3)31-23(30)27-16-19(14-17-8-5-4-6-9-17)28-21(29)12-11-18-15-26-22-20(18)10-7-13-25-22/h4-13,15,19H,14,16H2,1-3H3,(H,25,26)(H,27,30)(H,28,29)/b12-11+/t19-/m0/s1. The van der Waals surface area contributed by atoms with E-state index < -0.39 is 11.7 Å². The van der Waals surface area contributed by atoms with E-state index in [-0.39, 0.29) is 18.5 Å². The number of aromatic nitrogens is 2. The van der Waals surface area contributed by atoms with Crippen molar-refractivity contribution in [2.45, 2.75) is 38.8 Å². The van der Waals surface area contributed by atoms with Crippen LogP contribution < -0.4 is 10.6 Å². The fraction of sp³-hybridized carbons (Fsp3) is 0.292. The van der Waals surface area contributed by atoms with Crippen molar-refractivity contribution in [2.75, 3.05) is 6.54 Å². The van der Waals surface area contributed by atoms with Gasteiger partial charge in [0.1, 0.15) is 11.2 Å². The lowest BCUT2D eigenvalue weighted by Crippen LogP contribution is -2.45. The molecule has 0 aliphatic carbocycles. The lowest BCUT2D eigenvalue weighted by Gasteiger charge is -2.22. The second kappa shape index (κ2) is 9.93. The minimum atomic E-state index is -0.584. The molecule has 7 nitrogen and oxygen atoms in total. The highest BCUT2D eigenvalue weighted by Crippen LogP contribution is 2.16. The number of pyridine rings is 1. The number of benzene rings is 1. The topological polar surface area (TPSA) is 96.1 Å². The predicted octanol–water partition coefficient (Wildman–Crippen LogP) is 3.83. The lowest BCUT2D eigenvalue weighted by atomic mass is 10.1. The van der Waals surface area contributed by atoms with Gasteiger partial charge in [-0.2, -0.15) is 0 Å². The maximum absolute atomic E-state index is 12.6. The van der Waals surface area contributed by atoms with Gasteiger partial charge in [-0.05, 0) is 51.0 Å². The zero-order valence-electron chi connectivity index (χ0n) is 18.0. The Morgan fingerprint density at radius 3 is 2.68 bits per heavy atom. The van der Waals surface area contributed by atoms with E-state index >= 15 is 0 Å². The normalized spacial score (nSPS) is 12.6. The van der Waals surface area contributed by atoms with Gasteiger partial charge in [0.05, 0.1) is 6.04 Å². The predicted molar refractivity (Wildman–Crippen MR) is 121 cm³/mol. The molecule has 3 aromatic rings. The van der Waals surface area contributed by atoms with Crippen LogP contribution in [0.1, 0.15) is 31.9 Å². The lowest BCUT2D eigenvalue weighted by molar-refractivity contribution is -0.117. The number of hydrogen-bond acceptors (Lipinski definition) is 4. The molecule has 0 bridgehead atoms. The zero-order chi connectivity index (χ0) is 22.3. The molecule has 0 aliphatic heterocycles. The van der Waals surface area contributed by atoms with E-state index in [0.29, 0.717) is 6.42 Å². The largest absolute Gasteiger partial charge is 0.444 e. The molecule has 0 unspecified atom stereocenters. The molecule has 31 heavy (non-hydrogen) atoms. The molecule has 1 aromatic carbocycles. The molecule has 3 N–H and O–H groups in total. The van der Waals surface area contributed by atoms with Crippen LogP contribution in [0, 0.1) is 0 Å². The number of nitrogens with zero attached hydrogens (tertiary/aromatic N) is 1. The van der Waals surface area contributed by atoms with Crippen molar-refractivity contribution in [3.8, 4) is 0 Å². The van der Waals surface area contributed by atoms with Crippen molar-refractivity contribution >= 4 is 29.1 Å². The van der Waals surface area contributed by atoms with Gasteiger partial charge in [-0.15, -0.1) is 0 Å². The number of carbonyl (C=O) groups is 2. The first kappa shape index (κ1) is 22.1. The highest BCUT2D eigenvalue weighted by molar-refractivity contribution is 5.95. The molecule has 1 atom stereocenters. The maximum Gasteiger partial charge on any atom is 0.407 e. The highest BCUT2D eigenvalue weighted by Gasteiger charge is 2.18. The van der Waals surface area contributed by atoms with Crippen molar-refractivity contribution in [1.29, 1.82) is 0 Å². The van der Waals surface area contributed by atoms with Crippen LogP contribution in [-0.4, -0.2) is 40.2 Å². The second-order valence-electron chi connectivity index (χ2n) is 8.25. The van der Waals surface area contributed by atoms with Crippen LogP contribution in [-0.2, 0) is 16.0 Å². The van der Waals surface area contributed by atoms with E-state index in [4.69, 9.17) is 4.74 Å². The van der Waals surface area contributed by atoms with Crippen molar-refractivity contribution in [2.24, 2.45) is 0 Å². The number of ether oxygens (including phenoxy) is 1. The number of rotatable bonds is 7. The number of carbonyl (C=O) groups excluding carboxylic acids is 2. The van der Waals surface area contributed by atoms with Gasteiger partial charge < -0.3 is 20.4 Å². The summed E-state index contributed by atoms with van der Waals surface area (Å²) in [6.45, 7) is 5.67. The summed E-state index contributed by atoms with van der Waals surface area (Å²) in [6.07, 6.45) is 6.82. The molecule has 0 fully saturated rings. The number of fused-ring (bicyclic) bond motifs is 1. The fourth-order valence-corrected chi connectivity index (χ4v) is 3.12. The molecule has 2 amide bonds. The van der Waals surface area contributed by atoms with Crippen molar-refractivity contribution < 1.29 is 14.3 Å². The molecule has 0 spiro atoms. The van der Waals surface area contributed by atoms with Gasteiger partial charge in [0.15, 0.2) is 0 Å². The summed E-state index contributed by atoms with van der Waals surface area (Å²) in [5.41, 5.74) is 2.13. The molecular formula is C24H28N4O3. The number of amides is 2. The van der Waals surface area contributed by atoms with Crippen molar-refractivity contribution in [1.82, 2.24) is 20.6 Å². The molecule has 0 aliphatic rings. The van der Waals surface area contributed by atoms with Gasteiger partial charge >= 0.3 is 6.09 Å². The SMILES string of the molecule is CC(C)(C)OC(=O)NC[C@H](Cc1ccccc1)NC(=O)/C=C/c1c[nH]c2ncccc12. The summed E-state index contributed by atoms with van der Waals surface area (Å²) in [7, 11) is 0. The van der Waals surface area contributed by atoms with E-state index in [1.54, 1.807) is 33.0 Å². The number of alkyl carbamates (subject to hydrolysis) is 1. The fourth-order valence-electron chi connectivity index (χ4n) is 3.12. The number of H-pyrrole nitrogens is 1. The first-order chi connectivity index (χ1) is 14.8. The molecule has 0 saturated heterocycles. The van der Waals surface area contributed by atoms with Crippen LogP contribution in [0.3, 0.4) is 0 Å². The maximum atomic E-state index is 12.6. The summed E-state index contributed by atoms with van der Waals surface area (Å²) in [5, 5.41) is 6.66. The molecule has 0 radical (unpaired) electrons. The van der Waals surface area contributed by atoms with Crippen LogP contribution in [0.5, 0.6) is 0 Å². The van der Waals surface area contributed by atoms with Crippen LogP contribution in [0.15, 0.2) is 60.9 Å². The summed E-state index contributed by atoms with van der Waals surface area (Å²) in [5.74, 6) is -0.245. The second-order valence-corrected chi connectivity index (χ2v) is 8.25. The molecule has 3 rings (SSSR count). The first-order valence-electron chi connectivity index (χ1n) is 10.2. The van der Waals surface area contributed by atoms with Gasteiger partial charge in [-0.1, -0.05) is 30.3 Å². The minimum absolute atomic E-state index is 0.245. The van der Waals surface area contributed by atoms with Gasteiger partial charge in [-0.3, -0.25) is 4.79 Å². The van der Waals surface area contributed by atoms with E-state index in [2.05, 4.69) is 20.6 Å². The highest BCUT2D eigenvalue weighted by atomic mass is 16.6. The third kappa shape index (κ3) is 6.99. The Kier molecular flexibility index (Phi) is 7.07. The molecule has 162 valence electrons. The third-order valence-corrected chi connectivity index (χ3v) is 4.46.